The van der Waals surface area contributed by atoms with E-state index in [0.29, 0.717) is 5.75 Å². The fraction of sp³-hybridized carbons (Fsp3) is 0.273. The molecule has 0 bridgehead atoms. The maximum Gasteiger partial charge on any atom is 0.173 e. The molecule has 5 heteroatoms. The normalized spacial score (nSPS) is 16.5. The van der Waals surface area contributed by atoms with E-state index >= 15 is 0 Å². The smallest absolute Gasteiger partial charge is 0.173 e. The SMILES string of the molecule is O=C(CSc1ncc(-c2ccccc2)n1C[C@@H]1CCCO1)c1ccccc1. The minimum atomic E-state index is 0.119. The number of rotatable bonds is 7. The van der Waals surface area contributed by atoms with Gasteiger partial charge in [0.15, 0.2) is 10.9 Å². The molecule has 0 spiro atoms. The Morgan fingerprint density at radius 1 is 1.11 bits per heavy atom. The molecule has 1 fully saturated rings. The molecule has 3 aromatic rings. The Hall–Kier alpha value is -2.37. The largest absolute Gasteiger partial charge is 0.376 e. The summed E-state index contributed by atoms with van der Waals surface area (Å²) < 4.78 is 8.04. The molecule has 0 amide bonds. The van der Waals surface area contributed by atoms with Crippen LogP contribution >= 0.6 is 11.8 Å². The summed E-state index contributed by atoms with van der Waals surface area (Å²) >= 11 is 1.50. The third-order valence-corrected chi connectivity index (χ3v) is 5.72. The lowest BCUT2D eigenvalue weighted by atomic mass is 10.1. The third kappa shape index (κ3) is 4.31. The highest BCUT2D eigenvalue weighted by atomic mass is 32.2. The van der Waals surface area contributed by atoms with Gasteiger partial charge in [0, 0.05) is 12.2 Å². The highest BCUT2D eigenvalue weighted by Gasteiger charge is 2.21. The van der Waals surface area contributed by atoms with Gasteiger partial charge in [0.1, 0.15) is 0 Å². The number of benzene rings is 2. The molecule has 4 rings (SSSR count). The summed E-state index contributed by atoms with van der Waals surface area (Å²) in [7, 11) is 0. The zero-order valence-corrected chi connectivity index (χ0v) is 15.9. The van der Waals surface area contributed by atoms with Gasteiger partial charge in [-0.2, -0.15) is 0 Å². The van der Waals surface area contributed by atoms with Crippen molar-refractivity contribution in [1.82, 2.24) is 9.55 Å². The molecule has 0 radical (unpaired) electrons. The number of carbonyl (C=O) groups excluding carboxylic acids is 1. The van der Waals surface area contributed by atoms with E-state index in [1.807, 2.05) is 54.7 Å². The van der Waals surface area contributed by atoms with Crippen molar-refractivity contribution in [2.75, 3.05) is 12.4 Å². The summed E-state index contributed by atoms with van der Waals surface area (Å²) in [4.78, 5) is 17.1. The van der Waals surface area contributed by atoms with Crippen LogP contribution in [0.2, 0.25) is 0 Å². The standard InChI is InChI=1S/C22H22N2O2S/c25-21(18-10-5-2-6-11-18)16-27-22-23-14-20(17-8-3-1-4-9-17)24(22)15-19-12-7-13-26-19/h1-6,8-11,14,19H,7,12-13,15-16H2/t19-/m0/s1. The molecule has 4 nitrogen and oxygen atoms in total. The van der Waals surface area contributed by atoms with Crippen molar-refractivity contribution in [1.29, 1.82) is 0 Å². The van der Waals surface area contributed by atoms with Crippen LogP contribution in [0.15, 0.2) is 72.0 Å². The minimum Gasteiger partial charge on any atom is -0.376 e. The van der Waals surface area contributed by atoms with Crippen LogP contribution in [0.25, 0.3) is 11.3 Å². The van der Waals surface area contributed by atoms with Crippen molar-refractivity contribution >= 4 is 17.5 Å². The minimum absolute atomic E-state index is 0.119. The summed E-state index contributed by atoms with van der Waals surface area (Å²) in [6, 6.07) is 19.7. The van der Waals surface area contributed by atoms with Gasteiger partial charge in [-0.15, -0.1) is 0 Å². The van der Waals surface area contributed by atoms with E-state index < -0.39 is 0 Å². The average molecular weight is 378 g/mol. The quantitative estimate of drug-likeness (QED) is 0.441. The average Bonchev–Trinajstić information content (AvgIpc) is 3.38. The van der Waals surface area contributed by atoms with Crippen molar-refractivity contribution in [2.45, 2.75) is 30.6 Å². The number of nitrogens with zero attached hydrogens (tertiary/aromatic N) is 2. The second-order valence-electron chi connectivity index (χ2n) is 6.62. The molecule has 1 saturated heterocycles. The molecule has 2 heterocycles. The number of thioether (sulfide) groups is 1. The van der Waals surface area contributed by atoms with Gasteiger partial charge in [0.25, 0.3) is 0 Å². The second kappa shape index (κ2) is 8.55. The zero-order chi connectivity index (χ0) is 18.5. The Morgan fingerprint density at radius 3 is 2.56 bits per heavy atom. The topological polar surface area (TPSA) is 44.1 Å². The molecule has 0 aliphatic carbocycles. The first-order valence-electron chi connectivity index (χ1n) is 9.25. The number of imidazole rings is 1. The first kappa shape index (κ1) is 18.0. The molecular weight excluding hydrogens is 356 g/mol. The highest BCUT2D eigenvalue weighted by Crippen LogP contribution is 2.28. The predicted molar refractivity (Wildman–Crippen MR) is 108 cm³/mol. The van der Waals surface area contributed by atoms with Gasteiger partial charge in [0.2, 0.25) is 0 Å². The Bertz CT molecular complexity index is 887. The van der Waals surface area contributed by atoms with E-state index in [1.165, 1.54) is 11.8 Å². The monoisotopic (exact) mass is 378 g/mol. The maximum atomic E-state index is 12.5. The maximum absolute atomic E-state index is 12.5. The van der Waals surface area contributed by atoms with Crippen LogP contribution in [0.3, 0.4) is 0 Å². The van der Waals surface area contributed by atoms with Crippen molar-refractivity contribution in [3.63, 3.8) is 0 Å². The van der Waals surface area contributed by atoms with E-state index in [9.17, 15) is 4.79 Å². The van der Waals surface area contributed by atoms with E-state index in [1.54, 1.807) is 0 Å². The molecule has 1 atom stereocenters. The Kier molecular flexibility index (Phi) is 5.70. The molecule has 1 aromatic heterocycles. The number of Topliss-reactive ketones (excluding diaryl/α,β-unsaturated/α-hetero) is 1. The summed E-state index contributed by atoms with van der Waals surface area (Å²) in [5.74, 6) is 0.495. The predicted octanol–water partition coefficient (Wildman–Crippen LogP) is 4.70. The molecule has 1 aliphatic rings. The number of aromatic nitrogens is 2. The molecule has 1 aliphatic heterocycles. The number of hydrogen-bond acceptors (Lipinski definition) is 4. The number of carbonyl (C=O) groups is 1. The van der Waals surface area contributed by atoms with Gasteiger partial charge >= 0.3 is 0 Å². The zero-order valence-electron chi connectivity index (χ0n) is 15.1. The molecular formula is C22H22N2O2S. The summed E-state index contributed by atoms with van der Waals surface area (Å²) in [6.45, 7) is 1.60. The Labute approximate surface area is 163 Å². The fourth-order valence-electron chi connectivity index (χ4n) is 3.32. The summed E-state index contributed by atoms with van der Waals surface area (Å²) in [6.07, 6.45) is 4.29. The van der Waals surface area contributed by atoms with Gasteiger partial charge in [0.05, 0.1) is 30.3 Å². The number of hydrogen-bond donors (Lipinski definition) is 0. The van der Waals surface area contributed by atoms with Crippen LogP contribution in [0.5, 0.6) is 0 Å². The summed E-state index contributed by atoms with van der Waals surface area (Å²) in [5.41, 5.74) is 2.94. The first-order chi connectivity index (χ1) is 13.3. The van der Waals surface area contributed by atoms with Crippen molar-refractivity contribution < 1.29 is 9.53 Å². The highest BCUT2D eigenvalue weighted by molar-refractivity contribution is 7.99. The molecule has 0 N–H and O–H groups in total. The second-order valence-corrected chi connectivity index (χ2v) is 7.56. The lowest BCUT2D eigenvalue weighted by Gasteiger charge is -2.16. The number of ether oxygens (including phenoxy) is 1. The van der Waals surface area contributed by atoms with Gasteiger partial charge < -0.3 is 9.30 Å². The van der Waals surface area contributed by atoms with Crippen LogP contribution < -0.4 is 0 Å². The van der Waals surface area contributed by atoms with Gasteiger partial charge in [-0.3, -0.25) is 4.79 Å². The third-order valence-electron chi connectivity index (χ3n) is 4.73. The van der Waals surface area contributed by atoms with Crippen LogP contribution in [-0.2, 0) is 11.3 Å². The van der Waals surface area contributed by atoms with E-state index in [-0.39, 0.29) is 11.9 Å². The van der Waals surface area contributed by atoms with Gasteiger partial charge in [-0.05, 0) is 18.4 Å². The molecule has 2 aromatic carbocycles. The van der Waals surface area contributed by atoms with Gasteiger partial charge in [-0.25, -0.2) is 4.98 Å². The van der Waals surface area contributed by atoms with Crippen LogP contribution in [0.1, 0.15) is 23.2 Å². The summed E-state index contributed by atoms with van der Waals surface area (Å²) in [5, 5.41) is 0.869. The molecule has 138 valence electrons. The Morgan fingerprint density at radius 2 is 1.85 bits per heavy atom. The molecule has 27 heavy (non-hydrogen) atoms. The van der Waals surface area contributed by atoms with Crippen LogP contribution in [0.4, 0.5) is 0 Å². The van der Waals surface area contributed by atoms with Gasteiger partial charge in [-0.1, -0.05) is 72.4 Å². The number of ketones is 1. The van der Waals surface area contributed by atoms with Crippen molar-refractivity contribution in [3.05, 3.63) is 72.4 Å². The van der Waals surface area contributed by atoms with Crippen molar-refractivity contribution in [3.8, 4) is 11.3 Å². The lowest BCUT2D eigenvalue weighted by molar-refractivity contribution is 0.0954. The van der Waals surface area contributed by atoms with E-state index in [2.05, 4.69) is 21.7 Å². The van der Waals surface area contributed by atoms with E-state index in [0.717, 1.165) is 48.0 Å². The molecule has 0 unspecified atom stereocenters. The Balaban J connectivity index is 1.56. The lowest BCUT2D eigenvalue weighted by Crippen LogP contribution is -2.17. The first-order valence-corrected chi connectivity index (χ1v) is 10.2. The fourth-order valence-corrected chi connectivity index (χ4v) is 4.20. The van der Waals surface area contributed by atoms with Crippen molar-refractivity contribution in [2.24, 2.45) is 0 Å². The molecule has 0 saturated carbocycles. The van der Waals surface area contributed by atoms with Crippen LogP contribution in [-0.4, -0.2) is 33.8 Å². The van der Waals surface area contributed by atoms with E-state index in [4.69, 9.17) is 4.74 Å². The van der Waals surface area contributed by atoms with Crippen LogP contribution in [0, 0.1) is 0 Å².